The largest absolute Gasteiger partial charge is 0.399 e. The first-order valence-corrected chi connectivity index (χ1v) is 6.27. The Kier molecular flexibility index (Phi) is 4.42. The molecule has 2 N–H and O–H groups in total. The molecular formula is C13H12N4O2S. The van der Waals surface area contributed by atoms with Crippen LogP contribution in [-0.2, 0) is 9.88 Å². The summed E-state index contributed by atoms with van der Waals surface area (Å²) in [6.45, 7) is 2.10. The Labute approximate surface area is 121 Å². The van der Waals surface area contributed by atoms with E-state index in [4.69, 9.17) is 33.1 Å². The molecule has 20 heavy (non-hydrogen) atoms. The summed E-state index contributed by atoms with van der Waals surface area (Å²) in [7, 11) is 0. The van der Waals surface area contributed by atoms with Gasteiger partial charge in [-0.3, -0.25) is 0 Å². The number of hydroxylamine groups is 1. The second-order valence-electron chi connectivity index (χ2n) is 3.84. The Bertz CT molecular complexity index is 616. The van der Waals surface area contributed by atoms with Crippen LogP contribution in [-0.4, -0.2) is 22.5 Å². The molecule has 6 nitrogen and oxygen atoms in total. The summed E-state index contributed by atoms with van der Waals surface area (Å²) in [4.78, 5) is 9.92. The summed E-state index contributed by atoms with van der Waals surface area (Å²) < 4.78 is 0. The molecule has 1 heterocycles. The molecule has 0 aliphatic carbocycles. The molecule has 1 aromatic rings. The third-order valence-corrected chi connectivity index (χ3v) is 2.82. The van der Waals surface area contributed by atoms with E-state index in [0.717, 1.165) is 10.7 Å². The highest BCUT2D eigenvalue weighted by Gasteiger charge is 2.28. The van der Waals surface area contributed by atoms with Crippen molar-refractivity contribution in [3.8, 4) is 6.07 Å². The molecule has 0 spiro atoms. The van der Waals surface area contributed by atoms with Gasteiger partial charge in [0.1, 0.15) is 6.07 Å². The third-order valence-electron chi connectivity index (χ3n) is 2.44. The molecule has 0 saturated carbocycles. The van der Waals surface area contributed by atoms with Gasteiger partial charge in [-0.25, -0.2) is 4.89 Å². The first-order chi connectivity index (χ1) is 9.65. The minimum atomic E-state index is 0.173. The smallest absolute Gasteiger partial charge is 0.173 e. The van der Waals surface area contributed by atoms with Crippen molar-refractivity contribution in [3.63, 3.8) is 0 Å². The van der Waals surface area contributed by atoms with Crippen LogP contribution in [0.25, 0.3) is 6.08 Å². The van der Waals surface area contributed by atoms with Crippen LogP contribution in [0.2, 0.25) is 0 Å². The van der Waals surface area contributed by atoms with E-state index in [1.54, 1.807) is 25.1 Å². The van der Waals surface area contributed by atoms with Gasteiger partial charge in [-0.05, 0) is 30.7 Å². The van der Waals surface area contributed by atoms with Crippen molar-refractivity contribution in [2.45, 2.75) is 6.92 Å². The monoisotopic (exact) mass is 288 g/mol. The Morgan fingerprint density at radius 2 is 2.15 bits per heavy atom. The Morgan fingerprint density at radius 1 is 1.45 bits per heavy atom. The van der Waals surface area contributed by atoms with E-state index >= 15 is 0 Å². The number of nitriles is 1. The Hall–Kier alpha value is -2.27. The molecule has 0 bridgehead atoms. The van der Waals surface area contributed by atoms with Crippen molar-refractivity contribution in [1.29, 1.82) is 5.26 Å². The van der Waals surface area contributed by atoms with Crippen molar-refractivity contribution in [2.75, 3.05) is 12.3 Å². The van der Waals surface area contributed by atoms with E-state index < -0.39 is 0 Å². The number of anilines is 1. The van der Waals surface area contributed by atoms with Crippen LogP contribution < -0.4 is 5.73 Å². The van der Waals surface area contributed by atoms with Gasteiger partial charge in [-0.15, -0.1) is 5.10 Å². The van der Waals surface area contributed by atoms with Gasteiger partial charge >= 0.3 is 0 Å². The number of nitrogen functional groups attached to an aromatic ring is 1. The topological polar surface area (TPSA) is 83.9 Å². The lowest BCUT2D eigenvalue weighted by molar-refractivity contribution is -0.398. The molecule has 0 fully saturated rings. The van der Waals surface area contributed by atoms with E-state index in [0.29, 0.717) is 17.9 Å². The zero-order chi connectivity index (χ0) is 14.5. The highest BCUT2D eigenvalue weighted by molar-refractivity contribution is 7.80. The maximum absolute atomic E-state index is 9.10. The van der Waals surface area contributed by atoms with Gasteiger partial charge in [0.2, 0.25) is 0 Å². The lowest BCUT2D eigenvalue weighted by atomic mass is 10.1. The van der Waals surface area contributed by atoms with Gasteiger partial charge in [0.05, 0.1) is 12.2 Å². The van der Waals surface area contributed by atoms with Crippen LogP contribution in [0.15, 0.2) is 34.9 Å². The summed E-state index contributed by atoms with van der Waals surface area (Å²) in [6.07, 6.45) is 1.75. The number of nitrogens with zero attached hydrogens (tertiary/aromatic N) is 3. The minimum absolute atomic E-state index is 0.173. The molecule has 0 unspecified atom stereocenters. The average Bonchev–Trinajstić information content (AvgIpc) is 2.75. The summed E-state index contributed by atoms with van der Waals surface area (Å²) in [5.41, 5.74) is 7.83. The summed E-state index contributed by atoms with van der Waals surface area (Å²) in [5.74, 6) is 0. The van der Waals surface area contributed by atoms with Gasteiger partial charge in [-0.1, -0.05) is 34.5 Å². The number of hydrogen-bond acceptors (Lipinski definition) is 6. The maximum Gasteiger partial charge on any atom is 0.173 e. The molecule has 1 aromatic carbocycles. The normalized spacial score (nSPS) is 16.4. The first-order valence-electron chi connectivity index (χ1n) is 5.86. The first kappa shape index (κ1) is 14.1. The lowest BCUT2D eigenvalue weighted by Gasteiger charge is -2.10. The molecule has 0 radical (unpaired) electrons. The average molecular weight is 288 g/mol. The molecule has 7 heteroatoms. The summed E-state index contributed by atoms with van der Waals surface area (Å²) in [5, 5.41) is 14.0. The maximum atomic E-state index is 9.10. The second-order valence-corrected chi connectivity index (χ2v) is 4.23. The second kappa shape index (κ2) is 6.25. The quantitative estimate of drug-likeness (QED) is 0.300. The number of hydrogen-bond donors (Lipinski definition) is 1. The molecule has 102 valence electrons. The zero-order valence-electron chi connectivity index (χ0n) is 10.7. The van der Waals surface area contributed by atoms with Crippen LogP contribution in [0.3, 0.4) is 0 Å². The van der Waals surface area contributed by atoms with Crippen LogP contribution in [0.4, 0.5) is 5.69 Å². The molecule has 1 aliphatic heterocycles. The van der Waals surface area contributed by atoms with Gasteiger partial charge in [0, 0.05) is 5.69 Å². The number of rotatable bonds is 4. The zero-order valence-corrected chi connectivity index (χ0v) is 11.6. The minimum Gasteiger partial charge on any atom is -0.399 e. The predicted molar refractivity (Wildman–Crippen MR) is 79.0 cm³/mol. The Morgan fingerprint density at radius 3 is 2.75 bits per heavy atom. The molecule has 0 saturated heterocycles. The van der Waals surface area contributed by atoms with E-state index in [-0.39, 0.29) is 10.7 Å². The van der Waals surface area contributed by atoms with E-state index in [2.05, 4.69) is 5.10 Å². The fourth-order valence-electron chi connectivity index (χ4n) is 1.52. The number of hydrazone groups is 1. The lowest BCUT2D eigenvalue weighted by Crippen LogP contribution is -2.21. The van der Waals surface area contributed by atoms with Crippen molar-refractivity contribution in [1.82, 2.24) is 5.17 Å². The van der Waals surface area contributed by atoms with Gasteiger partial charge < -0.3 is 5.73 Å². The summed E-state index contributed by atoms with van der Waals surface area (Å²) in [6, 6.07) is 9.16. The molecule has 0 aromatic heterocycles. The van der Waals surface area contributed by atoms with Crippen LogP contribution >= 0.6 is 12.2 Å². The van der Waals surface area contributed by atoms with Crippen LogP contribution in [0.5, 0.6) is 0 Å². The standard InChI is InChI=1S/C13H12N4O2S/c1-2-18-19-17-13(20)11(12(8-14)16-17)7-9-3-5-10(15)6-4-9/h3-7H,2,15H2,1H3/b11-7-. The van der Waals surface area contributed by atoms with Crippen molar-refractivity contribution in [3.05, 3.63) is 35.4 Å². The third kappa shape index (κ3) is 3.00. The number of nitrogens with two attached hydrogens (primary N) is 1. The molecule has 2 rings (SSSR count). The highest BCUT2D eigenvalue weighted by atomic mass is 32.1. The Balaban J connectivity index is 2.27. The van der Waals surface area contributed by atoms with Gasteiger partial charge in [0.25, 0.3) is 0 Å². The van der Waals surface area contributed by atoms with Crippen molar-refractivity contribution in [2.24, 2.45) is 5.10 Å². The molecular weight excluding hydrogens is 276 g/mol. The fourth-order valence-corrected chi connectivity index (χ4v) is 1.75. The SMILES string of the molecule is CCOON1N=C(C#N)/C(=C/c2ccc(N)cc2)C1=S. The highest BCUT2D eigenvalue weighted by Crippen LogP contribution is 2.20. The van der Waals surface area contributed by atoms with E-state index in [1.807, 2.05) is 18.2 Å². The van der Waals surface area contributed by atoms with E-state index in [1.165, 1.54) is 0 Å². The summed E-state index contributed by atoms with van der Waals surface area (Å²) >= 11 is 5.21. The molecule has 1 aliphatic rings. The van der Waals surface area contributed by atoms with Crippen molar-refractivity contribution < 1.29 is 9.88 Å². The van der Waals surface area contributed by atoms with Crippen LogP contribution in [0.1, 0.15) is 12.5 Å². The molecule has 0 atom stereocenters. The number of thiocarbonyl (C=S) groups is 1. The predicted octanol–water partition coefficient (Wildman–Crippen LogP) is 2.06. The molecule has 0 amide bonds. The van der Waals surface area contributed by atoms with Crippen molar-refractivity contribution >= 4 is 34.7 Å². The van der Waals surface area contributed by atoms with Gasteiger partial charge in [0.15, 0.2) is 10.7 Å². The fraction of sp³-hybridized carbons (Fsp3) is 0.154. The van der Waals surface area contributed by atoms with Gasteiger partial charge in [-0.2, -0.15) is 5.26 Å². The number of benzene rings is 1. The van der Waals surface area contributed by atoms with Crippen LogP contribution in [0, 0.1) is 11.3 Å². The van der Waals surface area contributed by atoms with E-state index in [9.17, 15) is 0 Å².